The average Bonchev–Trinajstić information content (AvgIpc) is 2.89. The molecule has 2 rings (SSSR count). The number of benzene rings is 1. The summed E-state index contributed by atoms with van der Waals surface area (Å²) in [4.78, 5) is 0. The zero-order valence-corrected chi connectivity index (χ0v) is 22.8. The molecule has 0 radical (unpaired) electrons. The largest absolute Gasteiger partial charge is 0.390 e. The van der Waals surface area contributed by atoms with Crippen LogP contribution in [0.3, 0.4) is 0 Å². The summed E-state index contributed by atoms with van der Waals surface area (Å²) < 4.78 is 6.09. The average molecular weight is 489 g/mol. The lowest BCUT2D eigenvalue weighted by Crippen LogP contribution is -2.46. The molecule has 1 aliphatic rings. The molecule has 4 heteroatoms. The van der Waals surface area contributed by atoms with Crippen LogP contribution in [0, 0.1) is 0 Å². The Hall–Kier alpha value is -0.940. The van der Waals surface area contributed by atoms with Crippen LogP contribution in [0.5, 0.6) is 0 Å². The smallest absolute Gasteiger partial charge is 0.0955 e. The summed E-state index contributed by atoms with van der Waals surface area (Å²) in [7, 11) is 0. The number of piperidine rings is 1. The van der Waals surface area contributed by atoms with Crippen molar-refractivity contribution in [2.75, 3.05) is 26.2 Å². The Morgan fingerprint density at radius 2 is 1.34 bits per heavy atom. The molecule has 1 aliphatic heterocycles. The fraction of sp³-hybridized carbons (Fsp3) is 0.806. The topological polar surface area (TPSA) is 67.5 Å². The number of rotatable bonds is 21. The van der Waals surface area contributed by atoms with Gasteiger partial charge in [0.1, 0.15) is 0 Å². The number of aliphatic hydroxyl groups is 1. The Labute approximate surface area is 216 Å². The highest BCUT2D eigenvalue weighted by Gasteiger charge is 2.37. The van der Waals surface area contributed by atoms with Crippen molar-refractivity contribution in [3.05, 3.63) is 35.9 Å². The number of unbranched alkanes of at least 4 members (excludes halogenated alkanes) is 13. The van der Waals surface area contributed by atoms with E-state index in [1.807, 2.05) is 0 Å². The van der Waals surface area contributed by atoms with E-state index in [1.54, 1.807) is 0 Å². The van der Waals surface area contributed by atoms with Crippen molar-refractivity contribution >= 4 is 0 Å². The number of ether oxygens (including phenoxy) is 1. The predicted molar refractivity (Wildman–Crippen MR) is 150 cm³/mol. The van der Waals surface area contributed by atoms with Gasteiger partial charge in [0.2, 0.25) is 0 Å². The van der Waals surface area contributed by atoms with Crippen molar-refractivity contribution in [1.29, 1.82) is 0 Å². The first-order chi connectivity index (χ1) is 17.2. The summed E-state index contributed by atoms with van der Waals surface area (Å²) in [5.74, 6) is 0. The minimum atomic E-state index is -0.523. The van der Waals surface area contributed by atoms with E-state index >= 15 is 0 Å². The summed E-state index contributed by atoms with van der Waals surface area (Å²) in [6.45, 7) is 5.36. The van der Waals surface area contributed by atoms with E-state index in [4.69, 9.17) is 10.5 Å². The lowest BCUT2D eigenvalue weighted by Gasteiger charge is -2.41. The van der Waals surface area contributed by atoms with Gasteiger partial charge in [-0.25, -0.2) is 0 Å². The van der Waals surface area contributed by atoms with E-state index in [1.165, 1.54) is 89.0 Å². The summed E-state index contributed by atoms with van der Waals surface area (Å²) in [6.07, 6.45) is 21.0. The van der Waals surface area contributed by atoms with Gasteiger partial charge in [-0.3, -0.25) is 0 Å². The minimum Gasteiger partial charge on any atom is -0.390 e. The third-order valence-corrected chi connectivity index (χ3v) is 8.04. The summed E-state index contributed by atoms with van der Waals surface area (Å²) in [6, 6.07) is 10.7. The van der Waals surface area contributed by atoms with Gasteiger partial charge in [0.25, 0.3) is 0 Å². The third-order valence-electron chi connectivity index (χ3n) is 8.04. The van der Waals surface area contributed by atoms with Crippen molar-refractivity contribution in [3.63, 3.8) is 0 Å². The Balaban J connectivity index is 1.55. The summed E-state index contributed by atoms with van der Waals surface area (Å²) >= 11 is 0. The number of aliphatic hydroxyl groups excluding tert-OH is 1. The van der Waals surface area contributed by atoms with Gasteiger partial charge in [0.15, 0.2) is 0 Å². The Morgan fingerprint density at radius 1 is 0.829 bits per heavy atom. The fourth-order valence-corrected chi connectivity index (χ4v) is 5.71. The lowest BCUT2D eigenvalue weighted by atomic mass is 9.69. The first kappa shape index (κ1) is 30.3. The molecule has 0 amide bonds. The Kier molecular flexibility index (Phi) is 16.6. The van der Waals surface area contributed by atoms with Crippen LogP contribution in [-0.2, 0) is 10.2 Å². The first-order valence-corrected chi connectivity index (χ1v) is 15.0. The van der Waals surface area contributed by atoms with Crippen molar-refractivity contribution in [3.8, 4) is 0 Å². The second kappa shape index (κ2) is 19.2. The second-order valence-corrected chi connectivity index (χ2v) is 10.9. The quantitative estimate of drug-likeness (QED) is 0.165. The molecule has 1 fully saturated rings. The molecular formula is C31H56N2O2. The van der Waals surface area contributed by atoms with Gasteiger partial charge in [-0.15, -0.1) is 0 Å². The monoisotopic (exact) mass is 488 g/mol. The van der Waals surface area contributed by atoms with E-state index < -0.39 is 6.10 Å². The van der Waals surface area contributed by atoms with Gasteiger partial charge in [0.05, 0.1) is 12.2 Å². The molecule has 2 unspecified atom stereocenters. The number of hydrogen-bond donors (Lipinski definition) is 3. The van der Waals surface area contributed by atoms with Gasteiger partial charge in [0, 0.05) is 18.6 Å². The van der Waals surface area contributed by atoms with E-state index in [0.717, 1.165) is 38.8 Å². The molecular weight excluding hydrogens is 432 g/mol. The highest BCUT2D eigenvalue weighted by molar-refractivity contribution is 5.26. The molecule has 0 aromatic heterocycles. The molecule has 1 heterocycles. The van der Waals surface area contributed by atoms with Crippen LogP contribution in [0.25, 0.3) is 0 Å². The van der Waals surface area contributed by atoms with Crippen molar-refractivity contribution in [2.24, 2.45) is 5.73 Å². The first-order valence-electron chi connectivity index (χ1n) is 15.0. The molecule has 4 N–H and O–H groups in total. The van der Waals surface area contributed by atoms with Crippen LogP contribution in [-0.4, -0.2) is 43.6 Å². The van der Waals surface area contributed by atoms with Crippen LogP contribution in [0.4, 0.5) is 0 Å². The van der Waals surface area contributed by atoms with Gasteiger partial charge >= 0.3 is 0 Å². The molecule has 1 aromatic rings. The lowest BCUT2D eigenvalue weighted by molar-refractivity contribution is -0.0471. The molecule has 2 atom stereocenters. The van der Waals surface area contributed by atoms with Crippen molar-refractivity contribution in [1.82, 2.24) is 5.32 Å². The van der Waals surface area contributed by atoms with Crippen LogP contribution in [0.1, 0.15) is 122 Å². The number of hydrogen-bond acceptors (Lipinski definition) is 4. The van der Waals surface area contributed by atoms with Gasteiger partial charge in [-0.1, -0.05) is 121 Å². The second-order valence-electron chi connectivity index (χ2n) is 10.9. The molecule has 4 nitrogen and oxygen atoms in total. The van der Waals surface area contributed by atoms with Crippen molar-refractivity contribution in [2.45, 2.75) is 134 Å². The summed E-state index contributed by atoms with van der Waals surface area (Å²) in [5, 5.41) is 14.5. The predicted octanol–water partition coefficient (Wildman–Crippen LogP) is 6.88. The van der Waals surface area contributed by atoms with Crippen LogP contribution < -0.4 is 11.1 Å². The molecule has 1 aromatic carbocycles. The summed E-state index contributed by atoms with van der Waals surface area (Å²) in [5.41, 5.74) is 7.37. The van der Waals surface area contributed by atoms with Crippen LogP contribution in [0.15, 0.2) is 30.3 Å². The molecule has 0 aliphatic carbocycles. The van der Waals surface area contributed by atoms with E-state index in [2.05, 4.69) is 42.6 Å². The highest BCUT2D eigenvalue weighted by Crippen LogP contribution is 2.38. The normalized spacial score (nSPS) is 17.3. The van der Waals surface area contributed by atoms with Crippen molar-refractivity contribution < 1.29 is 9.84 Å². The molecule has 202 valence electrons. The number of nitrogens with one attached hydrogen (secondary N) is 1. The maximum absolute atomic E-state index is 11.1. The number of nitrogens with two attached hydrogens (primary N) is 1. The van der Waals surface area contributed by atoms with E-state index in [9.17, 15) is 5.11 Å². The zero-order chi connectivity index (χ0) is 25.0. The van der Waals surface area contributed by atoms with Crippen LogP contribution in [0.2, 0.25) is 0 Å². The maximum Gasteiger partial charge on any atom is 0.0955 e. The molecule has 35 heavy (non-hydrogen) atoms. The Bertz CT molecular complexity index is 603. The van der Waals surface area contributed by atoms with E-state index in [0.29, 0.717) is 13.2 Å². The maximum atomic E-state index is 11.1. The van der Waals surface area contributed by atoms with Gasteiger partial charge < -0.3 is 20.9 Å². The minimum absolute atomic E-state index is 0.0117. The highest BCUT2D eigenvalue weighted by atomic mass is 16.5. The Morgan fingerprint density at radius 3 is 1.86 bits per heavy atom. The fourth-order valence-electron chi connectivity index (χ4n) is 5.71. The van der Waals surface area contributed by atoms with Gasteiger partial charge in [-0.2, -0.15) is 0 Å². The SMILES string of the molecule is CCCCCCCCCCCCCCCCOC(CN)C(O)CC1(c2ccccc2)CCNCC1. The molecule has 0 saturated carbocycles. The third kappa shape index (κ3) is 12.2. The standard InChI is InChI=1S/C31H56N2O2/c1-2-3-4-5-6-7-8-9-10-11-12-13-14-18-25-35-30(27-32)29(34)26-31(21-23-33-24-22-31)28-19-16-15-17-20-28/h15-17,19-20,29-30,33-34H,2-14,18,21-27,32H2,1H3. The zero-order valence-electron chi connectivity index (χ0n) is 22.8. The van der Waals surface area contributed by atoms with Crippen LogP contribution >= 0.6 is 0 Å². The molecule has 0 spiro atoms. The van der Waals surface area contributed by atoms with Gasteiger partial charge in [-0.05, 0) is 44.3 Å². The van der Waals surface area contributed by atoms with E-state index in [-0.39, 0.29) is 11.5 Å². The molecule has 0 bridgehead atoms. The molecule has 1 saturated heterocycles.